The molecule has 0 spiro atoms. The molecule has 0 bridgehead atoms. The largest absolute Gasteiger partial charge is 0.347 e. The Morgan fingerprint density at radius 3 is 2.96 bits per heavy atom. The second-order valence-electron chi connectivity index (χ2n) is 5.86. The van der Waals surface area contributed by atoms with Crippen LogP contribution in [0.25, 0.3) is 10.2 Å². The predicted octanol–water partition coefficient (Wildman–Crippen LogP) is 3.31. The van der Waals surface area contributed by atoms with Crippen LogP contribution in [0.4, 0.5) is 10.3 Å². The van der Waals surface area contributed by atoms with E-state index in [1.165, 1.54) is 16.0 Å². The van der Waals surface area contributed by atoms with E-state index in [0.717, 1.165) is 35.0 Å². The highest BCUT2D eigenvalue weighted by Gasteiger charge is 2.28. The van der Waals surface area contributed by atoms with Crippen molar-refractivity contribution in [2.75, 3.05) is 23.3 Å². The van der Waals surface area contributed by atoms with Crippen LogP contribution in [0.15, 0.2) is 24.3 Å². The molecule has 0 unspecified atom stereocenters. The van der Waals surface area contributed by atoms with Crippen molar-refractivity contribution in [2.24, 2.45) is 5.92 Å². The molecule has 1 N–H and O–H groups in total. The predicted molar refractivity (Wildman–Crippen MR) is 97.8 cm³/mol. The SMILES string of the molecule is Cc1nnc(NC(=O)[C@@H]2CCCN(c3nc4ccccc4s3)C2)s1. The van der Waals surface area contributed by atoms with Gasteiger partial charge in [-0.25, -0.2) is 4.98 Å². The minimum atomic E-state index is -0.0463. The number of benzene rings is 1. The molecule has 1 fully saturated rings. The molecule has 1 aliphatic rings. The van der Waals surface area contributed by atoms with Crippen molar-refractivity contribution in [3.63, 3.8) is 0 Å². The van der Waals surface area contributed by atoms with Crippen molar-refractivity contribution in [3.8, 4) is 0 Å². The number of amides is 1. The van der Waals surface area contributed by atoms with E-state index in [-0.39, 0.29) is 11.8 Å². The summed E-state index contributed by atoms with van der Waals surface area (Å²) in [6, 6.07) is 8.15. The third-order valence-corrected chi connectivity index (χ3v) is 5.95. The molecule has 3 heterocycles. The Morgan fingerprint density at radius 2 is 2.17 bits per heavy atom. The number of para-hydroxylation sites is 1. The summed E-state index contributed by atoms with van der Waals surface area (Å²) in [6.45, 7) is 3.52. The molecule has 0 saturated carbocycles. The van der Waals surface area contributed by atoms with E-state index in [9.17, 15) is 4.79 Å². The highest BCUT2D eigenvalue weighted by Crippen LogP contribution is 2.31. The Bertz CT molecular complexity index is 841. The number of aryl methyl sites for hydroxylation is 1. The Hall–Kier alpha value is -2.06. The van der Waals surface area contributed by atoms with Gasteiger partial charge in [0.1, 0.15) is 5.01 Å². The molecule has 3 aromatic rings. The highest BCUT2D eigenvalue weighted by atomic mass is 32.1. The van der Waals surface area contributed by atoms with Gasteiger partial charge in [-0.2, -0.15) is 0 Å². The van der Waals surface area contributed by atoms with Crippen molar-refractivity contribution in [1.29, 1.82) is 0 Å². The maximum atomic E-state index is 12.5. The van der Waals surface area contributed by atoms with E-state index in [0.29, 0.717) is 11.7 Å². The fourth-order valence-corrected chi connectivity index (χ4v) is 4.51. The van der Waals surface area contributed by atoms with E-state index < -0.39 is 0 Å². The summed E-state index contributed by atoms with van der Waals surface area (Å²) in [5.41, 5.74) is 1.02. The average Bonchev–Trinajstić information content (AvgIpc) is 3.21. The zero-order valence-corrected chi connectivity index (χ0v) is 14.9. The summed E-state index contributed by atoms with van der Waals surface area (Å²) >= 11 is 3.09. The summed E-state index contributed by atoms with van der Waals surface area (Å²) in [5, 5.41) is 13.2. The van der Waals surface area contributed by atoms with Crippen LogP contribution < -0.4 is 10.2 Å². The Labute approximate surface area is 147 Å². The second-order valence-corrected chi connectivity index (χ2v) is 8.06. The molecular formula is C16H17N5OS2. The molecule has 1 aromatic carbocycles. The monoisotopic (exact) mass is 359 g/mol. The third-order valence-electron chi connectivity index (χ3n) is 4.10. The second kappa shape index (κ2) is 6.45. The summed E-state index contributed by atoms with van der Waals surface area (Å²) < 4.78 is 1.18. The van der Waals surface area contributed by atoms with Gasteiger partial charge < -0.3 is 10.2 Å². The first-order chi connectivity index (χ1) is 11.7. The number of thiazole rings is 1. The van der Waals surface area contributed by atoms with Crippen molar-refractivity contribution >= 4 is 49.1 Å². The number of hydrogen-bond donors (Lipinski definition) is 1. The fraction of sp³-hybridized carbons (Fsp3) is 0.375. The zero-order valence-electron chi connectivity index (χ0n) is 13.2. The van der Waals surface area contributed by atoms with Gasteiger partial charge in [-0.3, -0.25) is 4.79 Å². The van der Waals surface area contributed by atoms with Crippen LogP contribution in [-0.2, 0) is 4.79 Å². The number of carbonyl (C=O) groups excluding carboxylic acids is 1. The highest BCUT2D eigenvalue weighted by molar-refractivity contribution is 7.22. The van der Waals surface area contributed by atoms with Gasteiger partial charge in [0.25, 0.3) is 0 Å². The number of fused-ring (bicyclic) bond motifs is 1. The molecule has 8 heteroatoms. The summed E-state index contributed by atoms with van der Waals surface area (Å²) in [4.78, 5) is 19.4. The van der Waals surface area contributed by atoms with Crippen LogP contribution >= 0.6 is 22.7 Å². The molecule has 1 atom stereocenters. The van der Waals surface area contributed by atoms with Gasteiger partial charge in [0.2, 0.25) is 11.0 Å². The number of nitrogens with one attached hydrogen (secondary N) is 1. The lowest BCUT2D eigenvalue weighted by atomic mass is 9.98. The van der Waals surface area contributed by atoms with Gasteiger partial charge in [0.15, 0.2) is 5.13 Å². The van der Waals surface area contributed by atoms with Crippen LogP contribution in [0.3, 0.4) is 0 Å². The Kier molecular flexibility index (Phi) is 4.15. The molecule has 124 valence electrons. The first-order valence-corrected chi connectivity index (χ1v) is 9.54. The molecule has 0 radical (unpaired) electrons. The normalized spacial score (nSPS) is 18.0. The van der Waals surface area contributed by atoms with E-state index >= 15 is 0 Å². The molecule has 1 aliphatic heterocycles. The topological polar surface area (TPSA) is 71.0 Å². The fourth-order valence-electron chi connectivity index (χ4n) is 2.91. The Balaban J connectivity index is 1.47. The average molecular weight is 359 g/mol. The lowest BCUT2D eigenvalue weighted by Crippen LogP contribution is -2.40. The number of hydrogen-bond acceptors (Lipinski definition) is 7. The number of nitrogens with zero attached hydrogens (tertiary/aromatic N) is 4. The van der Waals surface area contributed by atoms with Gasteiger partial charge in [-0.05, 0) is 31.9 Å². The number of anilines is 2. The smallest absolute Gasteiger partial charge is 0.231 e. The van der Waals surface area contributed by atoms with Crippen LogP contribution in [-0.4, -0.2) is 34.2 Å². The van der Waals surface area contributed by atoms with Crippen LogP contribution in [0, 0.1) is 12.8 Å². The molecule has 0 aliphatic carbocycles. The summed E-state index contributed by atoms with van der Waals surface area (Å²) in [7, 11) is 0. The van der Waals surface area contributed by atoms with E-state index in [4.69, 9.17) is 4.98 Å². The third kappa shape index (κ3) is 3.11. The summed E-state index contributed by atoms with van der Waals surface area (Å²) in [6.07, 6.45) is 1.88. The van der Waals surface area contributed by atoms with Gasteiger partial charge in [0, 0.05) is 13.1 Å². The standard InChI is InChI=1S/C16H17N5OS2/c1-10-19-20-15(23-10)18-14(22)11-5-4-8-21(9-11)16-17-12-6-2-3-7-13(12)24-16/h2-3,6-7,11H,4-5,8-9H2,1H3,(H,18,20,22)/t11-/m1/s1. The van der Waals surface area contributed by atoms with Gasteiger partial charge >= 0.3 is 0 Å². The Morgan fingerprint density at radius 1 is 1.29 bits per heavy atom. The van der Waals surface area contributed by atoms with Gasteiger partial charge in [-0.1, -0.05) is 34.8 Å². The van der Waals surface area contributed by atoms with Crippen LogP contribution in [0.5, 0.6) is 0 Å². The maximum Gasteiger partial charge on any atom is 0.231 e. The number of rotatable bonds is 3. The van der Waals surface area contributed by atoms with E-state index in [2.05, 4.69) is 26.5 Å². The molecule has 24 heavy (non-hydrogen) atoms. The van der Waals surface area contributed by atoms with Gasteiger partial charge in [-0.15, -0.1) is 10.2 Å². The molecule has 1 amide bonds. The van der Waals surface area contributed by atoms with E-state index in [1.54, 1.807) is 11.3 Å². The number of aromatic nitrogens is 3. The quantitative estimate of drug-likeness (QED) is 0.777. The zero-order chi connectivity index (χ0) is 16.5. The first kappa shape index (κ1) is 15.5. The molecular weight excluding hydrogens is 342 g/mol. The van der Waals surface area contributed by atoms with E-state index in [1.807, 2.05) is 25.1 Å². The van der Waals surface area contributed by atoms with Gasteiger partial charge in [0.05, 0.1) is 16.1 Å². The molecule has 2 aromatic heterocycles. The van der Waals surface area contributed by atoms with Crippen molar-refractivity contribution in [1.82, 2.24) is 15.2 Å². The summed E-state index contributed by atoms with van der Waals surface area (Å²) in [5.74, 6) is -0.0214. The lowest BCUT2D eigenvalue weighted by molar-refractivity contribution is -0.120. The van der Waals surface area contributed by atoms with Crippen LogP contribution in [0.1, 0.15) is 17.8 Å². The van der Waals surface area contributed by atoms with Crippen molar-refractivity contribution < 1.29 is 4.79 Å². The molecule has 1 saturated heterocycles. The minimum absolute atomic E-state index is 0.0250. The first-order valence-electron chi connectivity index (χ1n) is 7.90. The van der Waals surface area contributed by atoms with Crippen LogP contribution in [0.2, 0.25) is 0 Å². The number of piperidine rings is 1. The maximum absolute atomic E-state index is 12.5. The minimum Gasteiger partial charge on any atom is -0.347 e. The number of carbonyl (C=O) groups is 1. The van der Waals surface area contributed by atoms with Crippen molar-refractivity contribution in [2.45, 2.75) is 19.8 Å². The lowest BCUT2D eigenvalue weighted by Gasteiger charge is -2.31. The van der Waals surface area contributed by atoms with Crippen molar-refractivity contribution in [3.05, 3.63) is 29.3 Å². The molecule has 4 rings (SSSR count). The molecule has 6 nitrogen and oxygen atoms in total.